The van der Waals surface area contributed by atoms with E-state index in [2.05, 4.69) is 10.6 Å². The highest BCUT2D eigenvalue weighted by molar-refractivity contribution is 6.39. The van der Waals surface area contributed by atoms with Crippen LogP contribution in [0.5, 0.6) is 17.2 Å². The predicted octanol–water partition coefficient (Wildman–Crippen LogP) is 4.96. The average Bonchev–Trinajstić information content (AvgIpc) is 2.95. The summed E-state index contributed by atoms with van der Waals surface area (Å²) in [4.78, 5) is 52.0. The summed E-state index contributed by atoms with van der Waals surface area (Å²) in [5, 5.41) is 4.99. The monoisotopic (exact) mass is 581 g/mol. The maximum absolute atomic E-state index is 13.4. The van der Waals surface area contributed by atoms with Gasteiger partial charge >= 0.3 is 6.03 Å². The van der Waals surface area contributed by atoms with Crippen molar-refractivity contribution >= 4 is 52.8 Å². The molecule has 1 aliphatic rings. The van der Waals surface area contributed by atoms with Gasteiger partial charge in [-0.25, -0.2) is 14.1 Å². The van der Waals surface area contributed by atoms with E-state index < -0.39 is 36.2 Å². The van der Waals surface area contributed by atoms with E-state index in [4.69, 9.17) is 25.8 Å². The normalized spacial score (nSPS) is 14.1. The average molecular weight is 582 g/mol. The Morgan fingerprint density at radius 2 is 1.73 bits per heavy atom. The van der Waals surface area contributed by atoms with Crippen molar-refractivity contribution in [2.75, 3.05) is 30.5 Å². The van der Waals surface area contributed by atoms with E-state index in [1.54, 1.807) is 6.07 Å². The molecule has 41 heavy (non-hydrogen) atoms. The summed E-state index contributed by atoms with van der Waals surface area (Å²) in [6.07, 6.45) is 1.98. The summed E-state index contributed by atoms with van der Waals surface area (Å²) >= 11 is 6.15. The van der Waals surface area contributed by atoms with Crippen molar-refractivity contribution in [3.63, 3.8) is 0 Å². The smallest absolute Gasteiger partial charge is 0.335 e. The van der Waals surface area contributed by atoms with Gasteiger partial charge in [-0.2, -0.15) is 0 Å². The highest BCUT2D eigenvalue weighted by Gasteiger charge is 2.37. The van der Waals surface area contributed by atoms with Crippen molar-refractivity contribution in [3.05, 3.63) is 82.6 Å². The third kappa shape index (κ3) is 7.00. The Morgan fingerprint density at radius 1 is 1.00 bits per heavy atom. The van der Waals surface area contributed by atoms with Gasteiger partial charge in [0.2, 0.25) is 0 Å². The molecular weight excluding hydrogens is 557 g/mol. The number of nitrogens with zero attached hydrogens (tertiary/aromatic N) is 1. The van der Waals surface area contributed by atoms with Crippen molar-refractivity contribution in [2.45, 2.75) is 13.3 Å². The topological polar surface area (TPSA) is 123 Å². The highest BCUT2D eigenvalue weighted by Crippen LogP contribution is 2.34. The van der Waals surface area contributed by atoms with Crippen LogP contribution in [0.25, 0.3) is 6.08 Å². The lowest BCUT2D eigenvalue weighted by molar-refractivity contribution is -0.122. The van der Waals surface area contributed by atoms with Crippen LogP contribution in [0.2, 0.25) is 5.02 Å². The number of benzene rings is 3. The molecule has 2 N–H and O–H groups in total. The SMILES string of the molecule is CCCOc1ccc(N2C(=O)NC(=O)/C(=C/c3cc(Cl)ccc3OCC(=O)Nc3ccc(F)cc3)C2=O)cc1OC. The second kappa shape index (κ2) is 13.0. The summed E-state index contributed by atoms with van der Waals surface area (Å²) in [6.45, 7) is 1.95. The summed E-state index contributed by atoms with van der Waals surface area (Å²) in [5.41, 5.74) is 0.347. The van der Waals surface area contributed by atoms with E-state index in [1.165, 1.54) is 67.8 Å². The minimum absolute atomic E-state index is 0.138. The standard InChI is InChI=1S/C29H25ClFN3O7/c1-3-12-40-24-11-9-21(15-25(24)39-2)34-28(37)22(27(36)33-29(34)38)14-17-13-18(30)4-10-23(17)41-16-26(35)32-20-7-5-19(31)6-8-20/h4-11,13-15H,3,12,16H2,1-2H3,(H,32,35)(H,33,36,38)/b22-14-. The van der Waals surface area contributed by atoms with E-state index in [-0.39, 0.29) is 27.6 Å². The van der Waals surface area contributed by atoms with Gasteiger partial charge in [-0.05, 0) is 67.1 Å². The van der Waals surface area contributed by atoms with Gasteiger partial charge in [0, 0.05) is 22.3 Å². The molecular formula is C29H25ClFN3O7. The fraction of sp³-hybridized carbons (Fsp3) is 0.172. The molecule has 212 valence electrons. The molecule has 0 aromatic heterocycles. The predicted molar refractivity (Wildman–Crippen MR) is 150 cm³/mol. The first kappa shape index (κ1) is 29.1. The Kier molecular flexibility index (Phi) is 9.20. The molecule has 4 rings (SSSR count). The number of barbiturate groups is 1. The largest absolute Gasteiger partial charge is 0.493 e. The molecule has 1 aliphatic heterocycles. The number of urea groups is 1. The van der Waals surface area contributed by atoms with Crippen LogP contribution in [0.3, 0.4) is 0 Å². The molecule has 3 aromatic rings. The number of anilines is 2. The number of hydrogen-bond donors (Lipinski definition) is 2. The summed E-state index contributed by atoms with van der Waals surface area (Å²) in [6, 6.07) is 13.2. The number of hydrogen-bond acceptors (Lipinski definition) is 7. The van der Waals surface area contributed by atoms with E-state index in [0.717, 1.165) is 11.3 Å². The number of imide groups is 2. The van der Waals surface area contributed by atoms with E-state index in [1.807, 2.05) is 6.92 Å². The summed E-state index contributed by atoms with van der Waals surface area (Å²) in [7, 11) is 1.42. The summed E-state index contributed by atoms with van der Waals surface area (Å²) < 4.78 is 29.7. The molecule has 3 aromatic carbocycles. The second-order valence-electron chi connectivity index (χ2n) is 8.67. The van der Waals surface area contributed by atoms with Crippen molar-refractivity contribution in [3.8, 4) is 17.2 Å². The number of carbonyl (C=O) groups is 4. The Labute approximate surface area is 239 Å². The van der Waals surface area contributed by atoms with E-state index in [9.17, 15) is 23.6 Å². The molecule has 0 aliphatic carbocycles. The maximum Gasteiger partial charge on any atom is 0.335 e. The van der Waals surface area contributed by atoms with Crippen LogP contribution in [-0.2, 0) is 14.4 Å². The van der Waals surface area contributed by atoms with Gasteiger partial charge < -0.3 is 19.5 Å². The lowest BCUT2D eigenvalue weighted by Crippen LogP contribution is -2.54. The molecule has 0 unspecified atom stereocenters. The number of methoxy groups -OCH3 is 1. The third-order valence-corrected chi connectivity index (χ3v) is 5.96. The molecule has 1 heterocycles. The maximum atomic E-state index is 13.4. The second-order valence-corrected chi connectivity index (χ2v) is 9.10. The van der Waals surface area contributed by atoms with Gasteiger partial charge in [0.1, 0.15) is 17.1 Å². The molecule has 0 atom stereocenters. The Balaban J connectivity index is 1.58. The highest BCUT2D eigenvalue weighted by atomic mass is 35.5. The Hall–Kier alpha value is -4.90. The van der Waals surface area contributed by atoms with Crippen molar-refractivity contribution in [2.24, 2.45) is 0 Å². The molecule has 10 nitrogen and oxygen atoms in total. The lowest BCUT2D eigenvalue weighted by atomic mass is 10.1. The minimum Gasteiger partial charge on any atom is -0.493 e. The van der Waals surface area contributed by atoms with Crippen LogP contribution in [0.1, 0.15) is 18.9 Å². The van der Waals surface area contributed by atoms with Gasteiger partial charge in [0.15, 0.2) is 18.1 Å². The first-order valence-corrected chi connectivity index (χ1v) is 12.8. The quantitative estimate of drug-likeness (QED) is 0.256. The zero-order valence-corrected chi connectivity index (χ0v) is 22.8. The van der Waals surface area contributed by atoms with Crippen LogP contribution in [-0.4, -0.2) is 44.1 Å². The van der Waals surface area contributed by atoms with Gasteiger partial charge in [-0.3, -0.25) is 19.7 Å². The lowest BCUT2D eigenvalue weighted by Gasteiger charge is -2.27. The number of ether oxygens (including phenoxy) is 3. The van der Waals surface area contributed by atoms with Crippen LogP contribution < -0.4 is 29.7 Å². The summed E-state index contributed by atoms with van der Waals surface area (Å²) in [5.74, 6) is -1.94. The fourth-order valence-electron chi connectivity index (χ4n) is 3.81. The molecule has 5 amide bonds. The van der Waals surface area contributed by atoms with Gasteiger partial charge in [0.25, 0.3) is 17.7 Å². The first-order valence-electron chi connectivity index (χ1n) is 12.4. The van der Waals surface area contributed by atoms with Crippen molar-refractivity contribution < 1.29 is 37.8 Å². The number of nitrogens with one attached hydrogen (secondary N) is 2. The molecule has 1 saturated heterocycles. The number of halogens is 2. The molecule has 12 heteroatoms. The van der Waals surface area contributed by atoms with Crippen LogP contribution in [0.15, 0.2) is 66.2 Å². The number of rotatable bonds is 10. The number of carbonyl (C=O) groups excluding carboxylic acids is 4. The van der Waals surface area contributed by atoms with E-state index >= 15 is 0 Å². The Bertz CT molecular complexity index is 1530. The van der Waals surface area contributed by atoms with Crippen LogP contribution in [0.4, 0.5) is 20.6 Å². The van der Waals surface area contributed by atoms with Crippen LogP contribution in [0, 0.1) is 5.82 Å². The van der Waals surface area contributed by atoms with Gasteiger partial charge in [-0.1, -0.05) is 18.5 Å². The molecule has 0 spiro atoms. The van der Waals surface area contributed by atoms with E-state index in [0.29, 0.717) is 23.8 Å². The number of amides is 5. The van der Waals surface area contributed by atoms with Crippen molar-refractivity contribution in [1.29, 1.82) is 0 Å². The Morgan fingerprint density at radius 3 is 2.44 bits per heavy atom. The zero-order valence-electron chi connectivity index (χ0n) is 22.0. The fourth-order valence-corrected chi connectivity index (χ4v) is 3.99. The third-order valence-electron chi connectivity index (χ3n) is 5.73. The van der Waals surface area contributed by atoms with Crippen LogP contribution >= 0.6 is 11.6 Å². The van der Waals surface area contributed by atoms with Crippen molar-refractivity contribution in [1.82, 2.24) is 5.32 Å². The molecule has 0 radical (unpaired) electrons. The first-order chi connectivity index (χ1) is 19.7. The molecule has 0 saturated carbocycles. The zero-order chi connectivity index (χ0) is 29.5. The molecule has 1 fully saturated rings. The minimum atomic E-state index is -0.943. The van der Waals surface area contributed by atoms with Gasteiger partial charge in [0.05, 0.1) is 19.4 Å². The molecule has 0 bridgehead atoms. The van der Waals surface area contributed by atoms with Gasteiger partial charge in [-0.15, -0.1) is 0 Å².